The third kappa shape index (κ3) is 1.78. The first-order valence-corrected chi connectivity index (χ1v) is 6.68. The summed E-state index contributed by atoms with van der Waals surface area (Å²) in [5, 5.41) is 2.19. The molecule has 2 aromatic heterocycles. The Morgan fingerprint density at radius 1 is 1.47 bits per heavy atom. The molecule has 0 saturated carbocycles. The standard InChI is InChI=1S/C13H15N3S/c1-9-11-4-7-17-12(11)3-6-16(9)10-2-5-15-13(14)8-10/h2,4-5,7-9H,3,6H2,1H3,(H2,14,15). The Morgan fingerprint density at radius 2 is 2.35 bits per heavy atom. The SMILES string of the molecule is CC1c2ccsc2CCN1c1ccnc(N)c1. The minimum absolute atomic E-state index is 0.423. The lowest BCUT2D eigenvalue weighted by Crippen LogP contribution is -2.33. The van der Waals surface area contributed by atoms with Crippen molar-refractivity contribution in [2.24, 2.45) is 0 Å². The maximum atomic E-state index is 5.75. The van der Waals surface area contributed by atoms with Crippen molar-refractivity contribution in [2.45, 2.75) is 19.4 Å². The van der Waals surface area contributed by atoms with Crippen LogP contribution >= 0.6 is 11.3 Å². The number of pyridine rings is 1. The quantitative estimate of drug-likeness (QED) is 0.840. The molecule has 1 atom stereocenters. The maximum absolute atomic E-state index is 5.75. The van der Waals surface area contributed by atoms with Crippen LogP contribution in [0, 0.1) is 0 Å². The van der Waals surface area contributed by atoms with Crippen LogP contribution in [0.2, 0.25) is 0 Å². The highest BCUT2D eigenvalue weighted by Gasteiger charge is 2.24. The van der Waals surface area contributed by atoms with Gasteiger partial charge in [0, 0.05) is 29.4 Å². The van der Waals surface area contributed by atoms with Crippen molar-refractivity contribution >= 4 is 22.8 Å². The first-order chi connectivity index (χ1) is 8.25. The molecule has 0 saturated heterocycles. The predicted octanol–water partition coefficient (Wildman–Crippen LogP) is 2.85. The summed E-state index contributed by atoms with van der Waals surface area (Å²) in [5.41, 5.74) is 8.37. The molecule has 3 nitrogen and oxygen atoms in total. The molecule has 0 bridgehead atoms. The molecule has 0 aliphatic carbocycles. The topological polar surface area (TPSA) is 42.2 Å². The van der Waals surface area contributed by atoms with Gasteiger partial charge in [0.1, 0.15) is 5.82 Å². The average molecular weight is 245 g/mol. The fourth-order valence-corrected chi connectivity index (χ4v) is 3.44. The summed E-state index contributed by atoms with van der Waals surface area (Å²) in [4.78, 5) is 7.97. The fraction of sp³-hybridized carbons (Fsp3) is 0.308. The van der Waals surface area contributed by atoms with Crippen LogP contribution in [0.3, 0.4) is 0 Å². The van der Waals surface area contributed by atoms with E-state index in [0.29, 0.717) is 11.9 Å². The highest BCUT2D eigenvalue weighted by atomic mass is 32.1. The number of anilines is 2. The number of hydrogen-bond acceptors (Lipinski definition) is 4. The Kier molecular flexibility index (Phi) is 2.52. The predicted molar refractivity (Wildman–Crippen MR) is 72.4 cm³/mol. The van der Waals surface area contributed by atoms with Gasteiger partial charge < -0.3 is 10.6 Å². The Morgan fingerprint density at radius 3 is 3.18 bits per heavy atom. The minimum Gasteiger partial charge on any atom is -0.384 e. The van der Waals surface area contributed by atoms with Crippen LogP contribution in [-0.4, -0.2) is 11.5 Å². The van der Waals surface area contributed by atoms with Crippen LogP contribution in [0.1, 0.15) is 23.4 Å². The van der Waals surface area contributed by atoms with Crippen LogP contribution in [0.5, 0.6) is 0 Å². The molecule has 0 aromatic carbocycles. The molecule has 3 heterocycles. The Hall–Kier alpha value is -1.55. The van der Waals surface area contributed by atoms with Gasteiger partial charge in [-0.05, 0) is 36.4 Å². The second-order valence-corrected chi connectivity index (χ2v) is 5.36. The van der Waals surface area contributed by atoms with E-state index in [2.05, 4.69) is 28.3 Å². The van der Waals surface area contributed by atoms with Crippen LogP contribution < -0.4 is 10.6 Å². The van der Waals surface area contributed by atoms with Gasteiger partial charge in [0.2, 0.25) is 0 Å². The van der Waals surface area contributed by atoms with Gasteiger partial charge in [0.25, 0.3) is 0 Å². The largest absolute Gasteiger partial charge is 0.384 e. The van der Waals surface area contributed by atoms with Gasteiger partial charge in [-0.1, -0.05) is 0 Å². The van der Waals surface area contributed by atoms with E-state index in [4.69, 9.17) is 5.73 Å². The zero-order chi connectivity index (χ0) is 11.8. The zero-order valence-electron chi connectivity index (χ0n) is 9.76. The number of nitrogens with zero attached hydrogens (tertiary/aromatic N) is 2. The van der Waals surface area contributed by atoms with Crippen LogP contribution in [-0.2, 0) is 6.42 Å². The smallest absolute Gasteiger partial charge is 0.125 e. The van der Waals surface area contributed by atoms with E-state index < -0.39 is 0 Å². The summed E-state index contributed by atoms with van der Waals surface area (Å²) >= 11 is 1.87. The molecular weight excluding hydrogens is 230 g/mol. The maximum Gasteiger partial charge on any atom is 0.125 e. The Bertz CT molecular complexity index is 535. The van der Waals surface area contributed by atoms with E-state index in [9.17, 15) is 0 Å². The average Bonchev–Trinajstić information content (AvgIpc) is 2.78. The molecule has 3 rings (SSSR count). The summed E-state index contributed by atoms with van der Waals surface area (Å²) in [6.07, 6.45) is 2.90. The number of thiophene rings is 1. The number of aromatic nitrogens is 1. The fourth-order valence-electron chi connectivity index (χ4n) is 2.48. The second-order valence-electron chi connectivity index (χ2n) is 4.36. The number of nitrogen functional groups attached to an aromatic ring is 1. The monoisotopic (exact) mass is 245 g/mol. The van der Waals surface area contributed by atoms with Crippen LogP contribution in [0.4, 0.5) is 11.5 Å². The Balaban J connectivity index is 1.96. The molecule has 1 aliphatic heterocycles. The van der Waals surface area contributed by atoms with Gasteiger partial charge >= 0.3 is 0 Å². The van der Waals surface area contributed by atoms with Crippen LogP contribution in [0.25, 0.3) is 0 Å². The molecule has 0 spiro atoms. The van der Waals surface area contributed by atoms with E-state index in [-0.39, 0.29) is 0 Å². The molecule has 1 unspecified atom stereocenters. The highest BCUT2D eigenvalue weighted by Crippen LogP contribution is 2.35. The van der Waals surface area contributed by atoms with Crippen molar-refractivity contribution in [3.63, 3.8) is 0 Å². The summed E-state index contributed by atoms with van der Waals surface area (Å²) in [5.74, 6) is 0.589. The van der Waals surface area contributed by atoms with Crippen molar-refractivity contribution < 1.29 is 0 Å². The van der Waals surface area contributed by atoms with Gasteiger partial charge in [-0.2, -0.15) is 0 Å². The van der Waals surface area contributed by atoms with Crippen molar-refractivity contribution in [3.05, 3.63) is 40.2 Å². The molecule has 88 valence electrons. The van der Waals surface area contributed by atoms with Gasteiger partial charge in [-0.25, -0.2) is 4.98 Å². The summed E-state index contributed by atoms with van der Waals surface area (Å²) in [6.45, 7) is 3.31. The van der Waals surface area contributed by atoms with Crippen molar-refractivity contribution in [1.29, 1.82) is 0 Å². The molecule has 2 N–H and O–H groups in total. The lowest BCUT2D eigenvalue weighted by Gasteiger charge is -2.35. The lowest BCUT2D eigenvalue weighted by atomic mass is 10.0. The van der Waals surface area contributed by atoms with E-state index in [1.54, 1.807) is 6.20 Å². The third-order valence-electron chi connectivity index (χ3n) is 3.37. The number of hydrogen-bond donors (Lipinski definition) is 1. The molecule has 0 radical (unpaired) electrons. The van der Waals surface area contributed by atoms with Crippen LogP contribution in [0.15, 0.2) is 29.8 Å². The number of fused-ring (bicyclic) bond motifs is 1. The Labute approximate surface area is 105 Å². The van der Waals surface area contributed by atoms with Gasteiger partial charge in [0.05, 0.1) is 6.04 Å². The number of nitrogens with two attached hydrogens (primary N) is 1. The van der Waals surface area contributed by atoms with E-state index >= 15 is 0 Å². The summed E-state index contributed by atoms with van der Waals surface area (Å²) in [6, 6.07) is 6.64. The molecular formula is C13H15N3S. The van der Waals surface area contributed by atoms with Gasteiger partial charge in [-0.3, -0.25) is 0 Å². The second kappa shape index (κ2) is 4.04. The normalized spacial score (nSPS) is 19.1. The first kappa shape index (κ1) is 10.6. The third-order valence-corrected chi connectivity index (χ3v) is 4.37. The van der Waals surface area contributed by atoms with E-state index in [1.807, 2.05) is 23.5 Å². The zero-order valence-corrected chi connectivity index (χ0v) is 10.6. The van der Waals surface area contributed by atoms with E-state index in [0.717, 1.165) is 13.0 Å². The molecule has 2 aromatic rings. The highest BCUT2D eigenvalue weighted by molar-refractivity contribution is 7.10. The molecule has 0 fully saturated rings. The van der Waals surface area contributed by atoms with Crippen molar-refractivity contribution in [1.82, 2.24) is 4.98 Å². The lowest BCUT2D eigenvalue weighted by molar-refractivity contribution is 0.632. The van der Waals surface area contributed by atoms with Gasteiger partial charge in [0.15, 0.2) is 0 Å². The molecule has 1 aliphatic rings. The van der Waals surface area contributed by atoms with Crippen molar-refractivity contribution in [3.8, 4) is 0 Å². The summed E-state index contributed by atoms with van der Waals surface area (Å²) in [7, 11) is 0. The molecule has 4 heteroatoms. The molecule has 0 amide bonds. The van der Waals surface area contributed by atoms with Crippen molar-refractivity contribution in [2.75, 3.05) is 17.2 Å². The minimum atomic E-state index is 0.423. The van der Waals surface area contributed by atoms with E-state index in [1.165, 1.54) is 16.1 Å². The van der Waals surface area contributed by atoms with Gasteiger partial charge in [-0.15, -0.1) is 11.3 Å². The number of rotatable bonds is 1. The first-order valence-electron chi connectivity index (χ1n) is 5.80. The summed E-state index contributed by atoms with van der Waals surface area (Å²) < 4.78 is 0. The molecule has 17 heavy (non-hydrogen) atoms.